The summed E-state index contributed by atoms with van der Waals surface area (Å²) in [4.78, 5) is 8.96. The van der Waals surface area contributed by atoms with Crippen molar-refractivity contribution in [1.29, 1.82) is 5.26 Å². The van der Waals surface area contributed by atoms with E-state index < -0.39 is 0 Å². The number of pyridine rings is 1. The Labute approximate surface area is 154 Å². The molecule has 0 aliphatic carbocycles. The molecule has 0 saturated carbocycles. The number of thioether (sulfide) groups is 1. The summed E-state index contributed by atoms with van der Waals surface area (Å²) in [6, 6.07) is 11.3. The molecule has 0 aliphatic rings. The molecule has 0 aliphatic heterocycles. The van der Waals surface area contributed by atoms with Crippen LogP contribution in [0.3, 0.4) is 0 Å². The predicted molar refractivity (Wildman–Crippen MR) is 99.2 cm³/mol. The van der Waals surface area contributed by atoms with Crippen molar-refractivity contribution in [3.05, 3.63) is 53.2 Å². The van der Waals surface area contributed by atoms with Crippen molar-refractivity contribution in [3.8, 4) is 28.1 Å². The van der Waals surface area contributed by atoms with Gasteiger partial charge in [0.25, 0.3) is 0 Å². The normalized spacial score (nSPS) is 10.3. The standard InChI is InChI=1S/C18H15N3O2S2/c1-22-15-5-3-4-14(17(15)23-2)18-21-13(11-25-18)10-24-16-8-12(9-19)6-7-20-16/h3-8,11H,10H2,1-2H3. The Morgan fingerprint density at radius 1 is 1.24 bits per heavy atom. The molecule has 0 atom stereocenters. The number of benzene rings is 1. The summed E-state index contributed by atoms with van der Waals surface area (Å²) in [5.74, 6) is 2.05. The molecule has 3 aromatic rings. The quantitative estimate of drug-likeness (QED) is 0.601. The Morgan fingerprint density at radius 3 is 2.88 bits per heavy atom. The zero-order chi connectivity index (χ0) is 17.6. The lowest BCUT2D eigenvalue weighted by Crippen LogP contribution is -1.93. The molecular formula is C18H15N3O2S2. The monoisotopic (exact) mass is 369 g/mol. The van der Waals surface area contributed by atoms with E-state index in [-0.39, 0.29) is 0 Å². The van der Waals surface area contributed by atoms with Crippen LogP contribution in [0.25, 0.3) is 10.6 Å². The lowest BCUT2D eigenvalue weighted by molar-refractivity contribution is 0.356. The molecule has 2 heterocycles. The maximum absolute atomic E-state index is 8.95. The van der Waals surface area contributed by atoms with E-state index in [1.807, 2.05) is 23.6 Å². The topological polar surface area (TPSA) is 68.0 Å². The van der Waals surface area contributed by atoms with E-state index in [1.54, 1.807) is 55.6 Å². The number of hydrogen-bond donors (Lipinski definition) is 0. The maximum atomic E-state index is 8.95. The molecule has 5 nitrogen and oxygen atoms in total. The second kappa shape index (κ2) is 8.01. The number of rotatable bonds is 6. The van der Waals surface area contributed by atoms with Gasteiger partial charge in [0.05, 0.1) is 42.1 Å². The van der Waals surface area contributed by atoms with Crippen LogP contribution in [0.2, 0.25) is 0 Å². The molecule has 0 radical (unpaired) electrons. The summed E-state index contributed by atoms with van der Waals surface area (Å²) in [6.07, 6.45) is 1.65. The molecular weight excluding hydrogens is 354 g/mol. The molecule has 0 fully saturated rings. The molecule has 0 N–H and O–H groups in total. The largest absolute Gasteiger partial charge is 0.493 e. The van der Waals surface area contributed by atoms with Gasteiger partial charge in [0.2, 0.25) is 0 Å². The van der Waals surface area contributed by atoms with Crippen LogP contribution in [0.4, 0.5) is 0 Å². The van der Waals surface area contributed by atoms with Gasteiger partial charge >= 0.3 is 0 Å². The van der Waals surface area contributed by atoms with Crippen LogP contribution in [0, 0.1) is 11.3 Å². The summed E-state index contributed by atoms with van der Waals surface area (Å²) in [6.45, 7) is 0. The smallest absolute Gasteiger partial charge is 0.170 e. The average molecular weight is 369 g/mol. The molecule has 3 rings (SSSR count). The van der Waals surface area contributed by atoms with E-state index in [0.29, 0.717) is 22.8 Å². The van der Waals surface area contributed by atoms with Crippen molar-refractivity contribution < 1.29 is 9.47 Å². The number of para-hydroxylation sites is 1. The molecule has 126 valence electrons. The second-order valence-corrected chi connectivity index (χ2v) is 6.82. The highest BCUT2D eigenvalue weighted by atomic mass is 32.2. The molecule has 1 aromatic carbocycles. The van der Waals surface area contributed by atoms with E-state index >= 15 is 0 Å². The molecule has 7 heteroatoms. The Hall–Kier alpha value is -2.56. The number of hydrogen-bond acceptors (Lipinski definition) is 7. The van der Waals surface area contributed by atoms with Gasteiger partial charge in [0.15, 0.2) is 11.5 Å². The van der Waals surface area contributed by atoms with Gasteiger partial charge in [-0.05, 0) is 24.3 Å². The SMILES string of the molecule is COc1cccc(-c2nc(CSc3cc(C#N)ccn3)cs2)c1OC. The van der Waals surface area contributed by atoms with E-state index in [0.717, 1.165) is 21.3 Å². The van der Waals surface area contributed by atoms with Gasteiger partial charge < -0.3 is 9.47 Å². The second-order valence-electron chi connectivity index (χ2n) is 4.97. The third kappa shape index (κ3) is 3.92. The Balaban J connectivity index is 1.78. The number of nitrogens with zero attached hydrogens (tertiary/aromatic N) is 3. The molecule has 25 heavy (non-hydrogen) atoms. The van der Waals surface area contributed by atoms with Crippen LogP contribution in [0.5, 0.6) is 11.5 Å². The Kier molecular flexibility index (Phi) is 5.53. The Morgan fingerprint density at radius 2 is 2.12 bits per heavy atom. The summed E-state index contributed by atoms with van der Waals surface area (Å²) in [5, 5.41) is 12.7. The van der Waals surface area contributed by atoms with Gasteiger partial charge in [-0.2, -0.15) is 5.26 Å². The molecule has 0 spiro atoms. The molecule has 0 bridgehead atoms. The third-order valence-corrected chi connectivity index (χ3v) is 5.30. The van der Waals surface area contributed by atoms with E-state index in [1.165, 1.54) is 0 Å². The summed E-state index contributed by atoms with van der Waals surface area (Å²) in [5.41, 5.74) is 2.48. The van der Waals surface area contributed by atoms with Crippen molar-refractivity contribution in [1.82, 2.24) is 9.97 Å². The van der Waals surface area contributed by atoms with Crippen LogP contribution < -0.4 is 9.47 Å². The first-order chi connectivity index (χ1) is 12.2. The first kappa shape index (κ1) is 17.3. The average Bonchev–Trinajstić information content (AvgIpc) is 3.14. The zero-order valence-corrected chi connectivity index (χ0v) is 15.4. The van der Waals surface area contributed by atoms with Crippen molar-refractivity contribution in [2.75, 3.05) is 14.2 Å². The minimum atomic E-state index is 0.609. The van der Waals surface area contributed by atoms with Gasteiger partial charge in [-0.25, -0.2) is 9.97 Å². The van der Waals surface area contributed by atoms with Gasteiger partial charge in [-0.15, -0.1) is 11.3 Å². The molecule has 2 aromatic heterocycles. The minimum Gasteiger partial charge on any atom is -0.493 e. The molecule has 0 amide bonds. The van der Waals surface area contributed by atoms with Crippen molar-refractivity contribution in [2.24, 2.45) is 0 Å². The van der Waals surface area contributed by atoms with Crippen molar-refractivity contribution in [2.45, 2.75) is 10.8 Å². The number of ether oxygens (including phenoxy) is 2. The third-order valence-electron chi connectivity index (χ3n) is 3.42. The Bertz CT molecular complexity index is 919. The van der Waals surface area contributed by atoms with Crippen LogP contribution in [-0.4, -0.2) is 24.2 Å². The first-order valence-corrected chi connectivity index (χ1v) is 9.26. The van der Waals surface area contributed by atoms with E-state index in [4.69, 9.17) is 19.7 Å². The predicted octanol–water partition coefficient (Wildman–Crippen LogP) is 4.39. The molecule has 0 saturated heterocycles. The fraction of sp³-hybridized carbons (Fsp3) is 0.167. The van der Waals surface area contributed by atoms with E-state index in [2.05, 4.69) is 11.1 Å². The van der Waals surface area contributed by atoms with Crippen LogP contribution in [0.15, 0.2) is 46.9 Å². The van der Waals surface area contributed by atoms with Crippen molar-refractivity contribution in [3.63, 3.8) is 0 Å². The lowest BCUT2D eigenvalue weighted by Gasteiger charge is -2.10. The highest BCUT2D eigenvalue weighted by Crippen LogP contribution is 2.39. The minimum absolute atomic E-state index is 0.609. The van der Waals surface area contributed by atoms with Gasteiger partial charge in [0.1, 0.15) is 5.01 Å². The van der Waals surface area contributed by atoms with Gasteiger partial charge in [0, 0.05) is 17.3 Å². The van der Waals surface area contributed by atoms with Gasteiger partial charge in [-0.1, -0.05) is 17.8 Å². The highest BCUT2D eigenvalue weighted by molar-refractivity contribution is 7.98. The van der Waals surface area contributed by atoms with Crippen LogP contribution >= 0.6 is 23.1 Å². The summed E-state index contributed by atoms with van der Waals surface area (Å²) in [7, 11) is 3.24. The number of aromatic nitrogens is 2. The zero-order valence-electron chi connectivity index (χ0n) is 13.7. The summed E-state index contributed by atoms with van der Waals surface area (Å²) < 4.78 is 10.8. The van der Waals surface area contributed by atoms with Crippen LogP contribution in [0.1, 0.15) is 11.3 Å². The first-order valence-electron chi connectivity index (χ1n) is 7.40. The highest BCUT2D eigenvalue weighted by Gasteiger charge is 2.14. The fourth-order valence-corrected chi connectivity index (χ4v) is 3.99. The van der Waals surface area contributed by atoms with Crippen LogP contribution in [-0.2, 0) is 5.75 Å². The number of methoxy groups -OCH3 is 2. The lowest BCUT2D eigenvalue weighted by atomic mass is 10.2. The van der Waals surface area contributed by atoms with E-state index in [9.17, 15) is 0 Å². The number of nitriles is 1. The fourth-order valence-electron chi connectivity index (χ4n) is 2.26. The maximum Gasteiger partial charge on any atom is 0.170 e. The number of thiazole rings is 1. The van der Waals surface area contributed by atoms with Crippen molar-refractivity contribution >= 4 is 23.1 Å². The summed E-state index contributed by atoms with van der Waals surface area (Å²) >= 11 is 3.12. The van der Waals surface area contributed by atoms with Gasteiger partial charge in [-0.3, -0.25) is 0 Å². The molecule has 0 unspecified atom stereocenters.